The van der Waals surface area contributed by atoms with E-state index in [1.165, 1.54) is 0 Å². The lowest BCUT2D eigenvalue weighted by Crippen LogP contribution is -1.97. The quantitative estimate of drug-likeness (QED) is 0.546. The first kappa shape index (κ1) is 9.34. The molecule has 58 valence electrons. The zero-order valence-corrected chi connectivity index (χ0v) is 6.59. The summed E-state index contributed by atoms with van der Waals surface area (Å²) in [6.07, 6.45) is 3.22. The average molecular weight is 142 g/mol. The van der Waals surface area contributed by atoms with Gasteiger partial charge in [0.25, 0.3) is 0 Å². The molecule has 0 spiro atoms. The summed E-state index contributed by atoms with van der Waals surface area (Å²) >= 11 is 0. The summed E-state index contributed by atoms with van der Waals surface area (Å²) < 4.78 is 0. The topological polar surface area (TPSA) is 34.1 Å². The summed E-state index contributed by atoms with van der Waals surface area (Å²) in [7, 11) is 0. The minimum Gasteiger partial charge on any atom is -0.303 e. The van der Waals surface area contributed by atoms with Crippen LogP contribution in [0.25, 0.3) is 0 Å². The van der Waals surface area contributed by atoms with Gasteiger partial charge in [0, 0.05) is 12.3 Å². The largest absolute Gasteiger partial charge is 0.303 e. The highest BCUT2D eigenvalue weighted by molar-refractivity contribution is 5.75. The van der Waals surface area contributed by atoms with Crippen molar-refractivity contribution in [3.8, 4) is 0 Å². The fraction of sp³-hybridized carbons (Fsp3) is 0.750. The van der Waals surface area contributed by atoms with Gasteiger partial charge in [-0.25, -0.2) is 0 Å². The van der Waals surface area contributed by atoms with Crippen molar-refractivity contribution in [1.29, 1.82) is 0 Å². The van der Waals surface area contributed by atoms with E-state index in [9.17, 15) is 9.59 Å². The fourth-order valence-electron chi connectivity index (χ4n) is 0.741. The van der Waals surface area contributed by atoms with Crippen LogP contribution in [0.4, 0.5) is 0 Å². The van der Waals surface area contributed by atoms with Gasteiger partial charge in [-0.05, 0) is 19.8 Å². The first-order chi connectivity index (χ1) is 4.66. The van der Waals surface area contributed by atoms with Crippen LogP contribution < -0.4 is 0 Å². The molecule has 0 fully saturated rings. The van der Waals surface area contributed by atoms with E-state index in [1.54, 1.807) is 6.92 Å². The highest BCUT2D eigenvalue weighted by Gasteiger charge is 1.99. The minimum atomic E-state index is 0.111. The minimum absolute atomic E-state index is 0.111. The van der Waals surface area contributed by atoms with Gasteiger partial charge in [-0.3, -0.25) is 0 Å². The second-order valence-corrected chi connectivity index (χ2v) is 2.71. The maximum atomic E-state index is 10.4. The van der Waals surface area contributed by atoms with Crippen molar-refractivity contribution < 1.29 is 9.59 Å². The molecule has 0 N–H and O–H groups in total. The number of aldehydes is 1. The Morgan fingerprint density at radius 3 is 2.60 bits per heavy atom. The SMILES string of the molecule is CC(=O)CCC[C@@H](C)C=O. The van der Waals surface area contributed by atoms with Gasteiger partial charge in [0.15, 0.2) is 0 Å². The van der Waals surface area contributed by atoms with Crippen LogP contribution in [-0.4, -0.2) is 12.1 Å². The number of rotatable bonds is 5. The molecule has 0 aliphatic rings. The molecule has 0 aliphatic carbocycles. The summed E-state index contributed by atoms with van der Waals surface area (Å²) in [5.41, 5.74) is 0. The van der Waals surface area contributed by atoms with E-state index in [2.05, 4.69) is 0 Å². The number of hydrogen-bond acceptors (Lipinski definition) is 2. The highest BCUT2D eigenvalue weighted by atomic mass is 16.1. The zero-order valence-electron chi connectivity index (χ0n) is 6.59. The Balaban J connectivity index is 3.19. The van der Waals surface area contributed by atoms with Crippen molar-refractivity contribution in [1.82, 2.24) is 0 Å². The standard InChI is InChI=1S/C8H14O2/c1-7(6-9)4-3-5-8(2)10/h6-7H,3-5H2,1-2H3/t7-/m1/s1. The lowest BCUT2D eigenvalue weighted by Gasteiger charge is -1.99. The summed E-state index contributed by atoms with van der Waals surface area (Å²) in [6.45, 7) is 3.44. The van der Waals surface area contributed by atoms with Crippen molar-refractivity contribution in [2.45, 2.75) is 33.1 Å². The summed E-state index contributed by atoms with van der Waals surface area (Å²) in [6, 6.07) is 0. The highest BCUT2D eigenvalue weighted by Crippen LogP contribution is 2.04. The molecule has 0 rings (SSSR count). The second kappa shape index (κ2) is 5.15. The van der Waals surface area contributed by atoms with Crippen molar-refractivity contribution >= 4 is 12.1 Å². The molecule has 10 heavy (non-hydrogen) atoms. The molecule has 0 bridgehead atoms. The molecule has 2 nitrogen and oxygen atoms in total. The third kappa shape index (κ3) is 5.48. The van der Waals surface area contributed by atoms with Crippen LogP contribution in [0, 0.1) is 5.92 Å². The van der Waals surface area contributed by atoms with Crippen LogP contribution in [0.3, 0.4) is 0 Å². The fourth-order valence-corrected chi connectivity index (χ4v) is 0.741. The van der Waals surface area contributed by atoms with Gasteiger partial charge < -0.3 is 9.59 Å². The Kier molecular flexibility index (Phi) is 4.81. The first-order valence-corrected chi connectivity index (χ1v) is 3.61. The van der Waals surface area contributed by atoms with Gasteiger partial charge in [0.2, 0.25) is 0 Å². The molecule has 0 heterocycles. The van der Waals surface area contributed by atoms with Gasteiger partial charge in [-0.2, -0.15) is 0 Å². The van der Waals surface area contributed by atoms with Gasteiger partial charge in [0.1, 0.15) is 12.1 Å². The first-order valence-electron chi connectivity index (χ1n) is 3.61. The number of carbonyl (C=O) groups is 2. The van der Waals surface area contributed by atoms with E-state index in [0.29, 0.717) is 6.42 Å². The average Bonchev–Trinajstić information content (AvgIpc) is 1.87. The van der Waals surface area contributed by atoms with Crippen molar-refractivity contribution in [3.63, 3.8) is 0 Å². The number of hydrogen-bond donors (Lipinski definition) is 0. The summed E-state index contributed by atoms with van der Waals surface area (Å²) in [4.78, 5) is 20.5. The molecular formula is C8H14O2. The zero-order chi connectivity index (χ0) is 7.98. The van der Waals surface area contributed by atoms with Crippen LogP contribution in [0.5, 0.6) is 0 Å². The Hall–Kier alpha value is -0.660. The van der Waals surface area contributed by atoms with Crippen LogP contribution in [0.1, 0.15) is 33.1 Å². The molecule has 0 amide bonds. The molecule has 0 saturated heterocycles. The smallest absolute Gasteiger partial charge is 0.129 e. The van der Waals surface area contributed by atoms with Crippen molar-refractivity contribution in [2.24, 2.45) is 5.92 Å². The lowest BCUT2D eigenvalue weighted by atomic mass is 10.1. The second-order valence-electron chi connectivity index (χ2n) is 2.71. The lowest BCUT2D eigenvalue weighted by molar-refractivity contribution is -0.117. The molecule has 0 saturated carbocycles. The number of ketones is 1. The summed E-state index contributed by atoms with van der Waals surface area (Å²) in [5.74, 6) is 0.317. The molecule has 0 aromatic rings. The molecule has 0 unspecified atom stereocenters. The maximum Gasteiger partial charge on any atom is 0.129 e. The molecule has 0 aromatic heterocycles. The van der Waals surface area contributed by atoms with Crippen LogP contribution in [-0.2, 0) is 9.59 Å². The Morgan fingerprint density at radius 2 is 2.20 bits per heavy atom. The Morgan fingerprint density at radius 1 is 1.60 bits per heavy atom. The van der Waals surface area contributed by atoms with Crippen molar-refractivity contribution in [2.75, 3.05) is 0 Å². The van der Waals surface area contributed by atoms with Gasteiger partial charge in [-0.15, -0.1) is 0 Å². The van der Waals surface area contributed by atoms with E-state index in [0.717, 1.165) is 19.1 Å². The predicted molar refractivity (Wildman–Crippen MR) is 39.8 cm³/mol. The van der Waals surface area contributed by atoms with E-state index in [1.807, 2.05) is 6.92 Å². The molecule has 1 atom stereocenters. The van der Waals surface area contributed by atoms with Crippen LogP contribution in [0.2, 0.25) is 0 Å². The molecule has 0 aliphatic heterocycles. The van der Waals surface area contributed by atoms with E-state index in [-0.39, 0.29) is 11.7 Å². The maximum absolute atomic E-state index is 10.4. The van der Waals surface area contributed by atoms with E-state index < -0.39 is 0 Å². The van der Waals surface area contributed by atoms with Gasteiger partial charge in [-0.1, -0.05) is 6.92 Å². The van der Waals surface area contributed by atoms with E-state index >= 15 is 0 Å². The van der Waals surface area contributed by atoms with E-state index in [4.69, 9.17) is 0 Å². The molecule has 0 aromatic carbocycles. The third-order valence-electron chi connectivity index (χ3n) is 1.42. The van der Waals surface area contributed by atoms with Crippen LogP contribution >= 0.6 is 0 Å². The summed E-state index contributed by atoms with van der Waals surface area (Å²) in [5, 5.41) is 0. The van der Waals surface area contributed by atoms with Crippen molar-refractivity contribution in [3.05, 3.63) is 0 Å². The molecular weight excluding hydrogens is 128 g/mol. The Labute approximate surface area is 61.6 Å². The monoisotopic (exact) mass is 142 g/mol. The number of carbonyl (C=O) groups excluding carboxylic acids is 2. The predicted octanol–water partition coefficient (Wildman–Crippen LogP) is 1.58. The molecule has 0 radical (unpaired) electrons. The van der Waals surface area contributed by atoms with Gasteiger partial charge in [0.05, 0.1) is 0 Å². The number of Topliss-reactive ketones (excluding diaryl/α,β-unsaturated/α-hetero) is 1. The molecule has 2 heteroatoms. The third-order valence-corrected chi connectivity index (χ3v) is 1.42. The van der Waals surface area contributed by atoms with Gasteiger partial charge >= 0.3 is 0 Å². The van der Waals surface area contributed by atoms with Crippen LogP contribution in [0.15, 0.2) is 0 Å². The Bertz CT molecular complexity index is 118. The normalized spacial score (nSPS) is 12.6.